The summed E-state index contributed by atoms with van der Waals surface area (Å²) in [6, 6.07) is 0. The van der Waals surface area contributed by atoms with Crippen molar-refractivity contribution in [3.63, 3.8) is 0 Å². The van der Waals surface area contributed by atoms with Crippen molar-refractivity contribution in [3.05, 3.63) is 27.4 Å². The Morgan fingerprint density at radius 1 is 1.67 bits per heavy atom. The molecule has 1 rings (SSSR count). The molecule has 0 radical (unpaired) electrons. The zero-order chi connectivity index (χ0) is 11.6. The van der Waals surface area contributed by atoms with Gasteiger partial charge in [-0.3, -0.25) is 0 Å². The highest BCUT2D eigenvalue weighted by Crippen LogP contribution is 2.21. The topological polar surface area (TPSA) is 98.3 Å². The summed E-state index contributed by atoms with van der Waals surface area (Å²) >= 11 is 0. The van der Waals surface area contributed by atoms with E-state index in [-0.39, 0.29) is 11.4 Å². The third kappa shape index (κ3) is 2.19. The van der Waals surface area contributed by atoms with E-state index < -0.39 is 10.9 Å². The number of hydrogen-bond acceptors (Lipinski definition) is 4. The zero-order valence-electron chi connectivity index (χ0n) is 8.17. The van der Waals surface area contributed by atoms with E-state index >= 15 is 0 Å². The second-order valence-electron chi connectivity index (χ2n) is 2.87. The van der Waals surface area contributed by atoms with Crippen LogP contribution in [0.15, 0.2) is 6.08 Å². The average Bonchev–Trinajstić information content (AvgIpc) is 2.41. The molecule has 0 aliphatic heterocycles. The van der Waals surface area contributed by atoms with Crippen molar-refractivity contribution >= 4 is 17.9 Å². The Bertz CT molecular complexity index is 447. The van der Waals surface area contributed by atoms with Crippen molar-refractivity contribution in [3.8, 4) is 0 Å². The first-order valence-electron chi connectivity index (χ1n) is 4.02. The third-order valence-corrected chi connectivity index (χ3v) is 1.93. The maximum Gasteiger partial charge on any atom is 0.397 e. The van der Waals surface area contributed by atoms with Crippen LogP contribution in [0.4, 0.5) is 5.82 Å². The Morgan fingerprint density at radius 2 is 2.27 bits per heavy atom. The van der Waals surface area contributed by atoms with Crippen LogP contribution in [0.1, 0.15) is 11.3 Å². The monoisotopic (exact) mass is 211 g/mol. The summed E-state index contributed by atoms with van der Waals surface area (Å²) < 4.78 is 1.33. The molecular weight excluding hydrogens is 202 g/mol. The van der Waals surface area contributed by atoms with E-state index in [1.165, 1.54) is 10.8 Å². The smallest absolute Gasteiger partial charge is 0.397 e. The fraction of sp³-hybridized carbons (Fsp3) is 0.250. The Morgan fingerprint density at radius 3 is 2.73 bits per heavy atom. The number of carboxylic acid groups (broad SMARTS) is 1. The van der Waals surface area contributed by atoms with Gasteiger partial charge in [0.2, 0.25) is 0 Å². The molecule has 1 aromatic heterocycles. The third-order valence-electron chi connectivity index (χ3n) is 1.93. The molecular formula is C8H9N3O4. The van der Waals surface area contributed by atoms with Crippen LogP contribution in [0.3, 0.4) is 0 Å². The summed E-state index contributed by atoms with van der Waals surface area (Å²) in [5, 5.41) is 22.7. The fourth-order valence-corrected chi connectivity index (χ4v) is 1.09. The van der Waals surface area contributed by atoms with Gasteiger partial charge in [0.1, 0.15) is 0 Å². The first-order chi connectivity index (χ1) is 6.93. The minimum Gasteiger partial charge on any atom is -0.478 e. The van der Waals surface area contributed by atoms with Crippen molar-refractivity contribution in [2.75, 3.05) is 0 Å². The van der Waals surface area contributed by atoms with Crippen molar-refractivity contribution < 1.29 is 14.8 Å². The van der Waals surface area contributed by atoms with Gasteiger partial charge in [0.15, 0.2) is 0 Å². The van der Waals surface area contributed by atoms with Gasteiger partial charge in [-0.1, -0.05) is 0 Å². The fourth-order valence-electron chi connectivity index (χ4n) is 1.09. The van der Waals surface area contributed by atoms with Gasteiger partial charge in [0, 0.05) is 6.08 Å². The van der Waals surface area contributed by atoms with Crippen LogP contribution in [-0.4, -0.2) is 25.8 Å². The number of aromatic nitrogens is 2. The Kier molecular flexibility index (Phi) is 2.84. The van der Waals surface area contributed by atoms with E-state index in [9.17, 15) is 14.9 Å². The Hall–Kier alpha value is -2.18. The lowest BCUT2D eigenvalue weighted by molar-refractivity contribution is -0.390. The predicted molar refractivity (Wildman–Crippen MR) is 51.3 cm³/mol. The van der Waals surface area contributed by atoms with E-state index in [4.69, 9.17) is 5.11 Å². The number of carbonyl (C=O) groups is 1. The van der Waals surface area contributed by atoms with Gasteiger partial charge < -0.3 is 15.2 Å². The molecule has 80 valence electrons. The van der Waals surface area contributed by atoms with Crippen LogP contribution in [0.5, 0.6) is 0 Å². The van der Waals surface area contributed by atoms with Gasteiger partial charge >= 0.3 is 11.8 Å². The molecule has 0 saturated heterocycles. The Labute approximate surface area is 84.8 Å². The van der Waals surface area contributed by atoms with Crippen LogP contribution < -0.4 is 0 Å². The molecule has 0 atom stereocenters. The molecule has 1 aromatic rings. The molecule has 0 fully saturated rings. The number of nitrogens with zero attached hydrogens (tertiary/aromatic N) is 3. The number of aliphatic carboxylic acids is 1. The van der Waals surface area contributed by atoms with Gasteiger partial charge in [0.05, 0.1) is 23.4 Å². The lowest BCUT2D eigenvalue weighted by atomic mass is 10.2. The molecule has 0 bridgehead atoms. The van der Waals surface area contributed by atoms with Crippen molar-refractivity contribution in [1.82, 2.24) is 9.78 Å². The van der Waals surface area contributed by atoms with E-state index in [2.05, 4.69) is 5.10 Å². The summed E-state index contributed by atoms with van der Waals surface area (Å²) in [4.78, 5) is 20.2. The van der Waals surface area contributed by atoms with E-state index in [1.807, 2.05) is 0 Å². The first kappa shape index (κ1) is 10.9. The molecule has 7 heteroatoms. The van der Waals surface area contributed by atoms with Gasteiger partial charge in [-0.25, -0.2) is 4.79 Å². The van der Waals surface area contributed by atoms with Crippen LogP contribution in [-0.2, 0) is 11.8 Å². The molecule has 15 heavy (non-hydrogen) atoms. The van der Waals surface area contributed by atoms with Gasteiger partial charge in [0.25, 0.3) is 0 Å². The summed E-state index contributed by atoms with van der Waals surface area (Å²) in [6.45, 7) is 1.63. The lowest BCUT2D eigenvalue weighted by Gasteiger charge is -1.90. The molecule has 0 unspecified atom stereocenters. The average molecular weight is 211 g/mol. The highest BCUT2D eigenvalue weighted by Gasteiger charge is 2.21. The summed E-state index contributed by atoms with van der Waals surface area (Å²) in [7, 11) is 1.56. The van der Waals surface area contributed by atoms with Crippen LogP contribution in [0, 0.1) is 17.0 Å². The van der Waals surface area contributed by atoms with Gasteiger partial charge in [-0.15, -0.1) is 0 Å². The molecule has 7 nitrogen and oxygen atoms in total. The quantitative estimate of drug-likeness (QED) is 0.451. The standard InChI is InChI=1S/C8H9N3O4/c1-5-6(3-4-7(12)13)8(11(14)15)9-10(5)2/h3-4H,1-2H3,(H,12,13). The second-order valence-corrected chi connectivity index (χ2v) is 2.87. The van der Waals surface area contributed by atoms with Gasteiger partial charge in [-0.05, 0) is 17.9 Å². The normalized spacial score (nSPS) is 10.8. The number of rotatable bonds is 3. The SMILES string of the molecule is Cc1c(C=CC(=O)O)c([N+](=O)[O-])nn1C. The molecule has 0 amide bonds. The lowest BCUT2D eigenvalue weighted by Crippen LogP contribution is -1.94. The summed E-state index contributed by atoms with van der Waals surface area (Å²) in [5.41, 5.74) is 0.754. The minimum absolute atomic E-state index is 0.213. The van der Waals surface area contributed by atoms with Gasteiger partial charge in [-0.2, -0.15) is 4.68 Å². The molecule has 0 aromatic carbocycles. The highest BCUT2D eigenvalue weighted by atomic mass is 16.6. The maximum atomic E-state index is 10.6. The molecule has 0 saturated carbocycles. The summed E-state index contributed by atoms with van der Waals surface area (Å²) in [6.07, 6.45) is 2.01. The van der Waals surface area contributed by atoms with Crippen LogP contribution in [0.2, 0.25) is 0 Å². The van der Waals surface area contributed by atoms with Crippen molar-refractivity contribution in [2.24, 2.45) is 7.05 Å². The van der Waals surface area contributed by atoms with Crippen molar-refractivity contribution in [1.29, 1.82) is 0 Å². The maximum absolute atomic E-state index is 10.6. The van der Waals surface area contributed by atoms with Crippen molar-refractivity contribution in [2.45, 2.75) is 6.92 Å². The van der Waals surface area contributed by atoms with E-state index in [1.54, 1.807) is 14.0 Å². The number of hydrogen-bond donors (Lipinski definition) is 1. The minimum atomic E-state index is -1.16. The largest absolute Gasteiger partial charge is 0.478 e. The second kappa shape index (κ2) is 3.91. The molecule has 0 spiro atoms. The summed E-state index contributed by atoms with van der Waals surface area (Å²) in [5.74, 6) is -1.50. The molecule has 0 aliphatic rings. The molecule has 1 N–H and O–H groups in total. The van der Waals surface area contributed by atoms with E-state index in [0.29, 0.717) is 5.69 Å². The van der Waals surface area contributed by atoms with Crippen LogP contribution >= 0.6 is 0 Å². The highest BCUT2D eigenvalue weighted by molar-refractivity contribution is 5.86. The number of carboxylic acids is 1. The predicted octanol–water partition coefficient (Wildman–Crippen LogP) is 0.735. The number of aryl methyl sites for hydroxylation is 1. The zero-order valence-corrected chi connectivity index (χ0v) is 8.17. The first-order valence-corrected chi connectivity index (χ1v) is 4.02. The Balaban J connectivity index is 3.25. The molecule has 0 aliphatic carbocycles. The van der Waals surface area contributed by atoms with Crippen LogP contribution in [0.25, 0.3) is 6.08 Å². The number of nitro groups is 1. The molecule has 1 heterocycles. The van der Waals surface area contributed by atoms with E-state index in [0.717, 1.165) is 6.08 Å².